The molecule has 0 spiro atoms. The van der Waals surface area contributed by atoms with Crippen LogP contribution in [0.25, 0.3) is 10.9 Å². The van der Waals surface area contributed by atoms with E-state index in [1.165, 1.54) is 37.8 Å². The zero-order valence-electron chi connectivity index (χ0n) is 16.7. The number of methoxy groups -OCH3 is 1. The van der Waals surface area contributed by atoms with E-state index in [2.05, 4.69) is 10.6 Å². The molecule has 148 valence electrons. The number of rotatable bonds is 4. The highest BCUT2D eigenvalue weighted by Crippen LogP contribution is 2.41. The van der Waals surface area contributed by atoms with Crippen LogP contribution in [0.15, 0.2) is 52.3 Å². The van der Waals surface area contributed by atoms with Crippen LogP contribution in [0.1, 0.15) is 49.3 Å². The standard InChI is InChI=1S/C23H27NO3S/c1-16-9-12-19(13-10-16)28(25,26)21-14-11-18-15-20(17-7-5-4-6-8-17)24(2)22(18)23(21)27-3/h9-15,17H,4-8H2,1-3H3. The maximum Gasteiger partial charge on any atom is 0.210 e. The van der Waals surface area contributed by atoms with Gasteiger partial charge in [-0.1, -0.05) is 43.0 Å². The molecular formula is C23H27NO3S. The Hall–Kier alpha value is -2.27. The minimum Gasteiger partial charge on any atom is -0.493 e. The van der Waals surface area contributed by atoms with Crippen LogP contribution in [0.5, 0.6) is 5.75 Å². The second-order valence-electron chi connectivity index (χ2n) is 7.81. The van der Waals surface area contributed by atoms with Gasteiger partial charge in [-0.2, -0.15) is 0 Å². The zero-order valence-corrected chi connectivity index (χ0v) is 17.6. The molecule has 1 aliphatic carbocycles. The highest BCUT2D eigenvalue weighted by atomic mass is 32.2. The van der Waals surface area contributed by atoms with Crippen molar-refractivity contribution >= 4 is 20.7 Å². The minimum atomic E-state index is -3.66. The molecule has 28 heavy (non-hydrogen) atoms. The largest absolute Gasteiger partial charge is 0.493 e. The van der Waals surface area contributed by atoms with E-state index in [0.29, 0.717) is 11.7 Å². The fourth-order valence-corrected chi connectivity index (χ4v) is 5.88. The number of sulfone groups is 1. The summed E-state index contributed by atoms with van der Waals surface area (Å²) in [6.45, 7) is 1.94. The molecule has 1 aliphatic rings. The summed E-state index contributed by atoms with van der Waals surface area (Å²) in [7, 11) is -0.0840. The van der Waals surface area contributed by atoms with Gasteiger partial charge in [-0.3, -0.25) is 0 Å². The van der Waals surface area contributed by atoms with E-state index in [1.807, 2.05) is 32.2 Å². The monoisotopic (exact) mass is 397 g/mol. The molecule has 1 heterocycles. The second kappa shape index (κ2) is 7.28. The number of ether oxygens (including phenoxy) is 1. The first kappa shape index (κ1) is 19.1. The molecule has 0 amide bonds. The van der Waals surface area contributed by atoms with Crippen LogP contribution in [-0.2, 0) is 16.9 Å². The van der Waals surface area contributed by atoms with E-state index >= 15 is 0 Å². The molecule has 0 atom stereocenters. The predicted molar refractivity (Wildman–Crippen MR) is 112 cm³/mol. The van der Waals surface area contributed by atoms with Gasteiger partial charge >= 0.3 is 0 Å². The quantitative estimate of drug-likeness (QED) is 0.594. The Morgan fingerprint density at radius 3 is 2.32 bits per heavy atom. The molecule has 4 nitrogen and oxygen atoms in total. The van der Waals surface area contributed by atoms with E-state index < -0.39 is 9.84 Å². The Kier molecular flexibility index (Phi) is 4.96. The third-order valence-electron chi connectivity index (χ3n) is 6.00. The molecule has 0 N–H and O–H groups in total. The molecule has 4 rings (SSSR count). The number of hydrogen-bond donors (Lipinski definition) is 0. The van der Waals surface area contributed by atoms with Crippen LogP contribution in [0.2, 0.25) is 0 Å². The predicted octanol–water partition coefficient (Wildman–Crippen LogP) is 5.38. The Labute approximate surface area is 167 Å². The van der Waals surface area contributed by atoms with E-state index in [1.54, 1.807) is 25.3 Å². The molecule has 0 radical (unpaired) electrons. The van der Waals surface area contributed by atoms with Gasteiger partial charge in [0.2, 0.25) is 9.84 Å². The molecule has 5 heteroatoms. The first-order valence-corrected chi connectivity index (χ1v) is 11.4. The molecule has 3 aromatic rings. The van der Waals surface area contributed by atoms with Crippen molar-refractivity contribution < 1.29 is 13.2 Å². The lowest BCUT2D eigenvalue weighted by Crippen LogP contribution is -2.09. The average Bonchev–Trinajstić information content (AvgIpc) is 3.05. The van der Waals surface area contributed by atoms with Gasteiger partial charge in [-0.25, -0.2) is 8.42 Å². The number of benzene rings is 2. The van der Waals surface area contributed by atoms with Crippen molar-refractivity contribution in [2.45, 2.75) is 54.7 Å². The van der Waals surface area contributed by atoms with E-state index in [9.17, 15) is 8.42 Å². The van der Waals surface area contributed by atoms with Crippen molar-refractivity contribution in [3.63, 3.8) is 0 Å². The van der Waals surface area contributed by atoms with Gasteiger partial charge in [-0.15, -0.1) is 0 Å². The van der Waals surface area contributed by atoms with Crippen molar-refractivity contribution in [2.75, 3.05) is 7.11 Å². The highest BCUT2D eigenvalue weighted by Gasteiger charge is 2.27. The molecule has 1 aromatic heterocycles. The van der Waals surface area contributed by atoms with Crippen LogP contribution in [0, 0.1) is 6.92 Å². The summed E-state index contributed by atoms with van der Waals surface area (Å²) in [5.74, 6) is 0.968. The topological polar surface area (TPSA) is 48.3 Å². The van der Waals surface area contributed by atoms with Gasteiger partial charge < -0.3 is 9.30 Å². The summed E-state index contributed by atoms with van der Waals surface area (Å²) in [5.41, 5.74) is 3.16. The molecule has 1 fully saturated rings. The van der Waals surface area contributed by atoms with Crippen LogP contribution in [0.3, 0.4) is 0 Å². The fourth-order valence-electron chi connectivity index (χ4n) is 4.46. The Morgan fingerprint density at radius 2 is 1.68 bits per heavy atom. The molecule has 0 bridgehead atoms. The third kappa shape index (κ3) is 3.12. The number of fused-ring (bicyclic) bond motifs is 1. The average molecular weight is 398 g/mol. The summed E-state index contributed by atoms with van der Waals surface area (Å²) in [6.07, 6.45) is 6.22. The zero-order chi connectivity index (χ0) is 19.9. The van der Waals surface area contributed by atoms with Crippen molar-refractivity contribution in [1.82, 2.24) is 4.57 Å². The van der Waals surface area contributed by atoms with Crippen molar-refractivity contribution in [3.05, 3.63) is 53.7 Å². The number of nitrogens with zero attached hydrogens (tertiary/aromatic N) is 1. The highest BCUT2D eigenvalue weighted by molar-refractivity contribution is 7.91. The maximum atomic E-state index is 13.3. The summed E-state index contributed by atoms with van der Waals surface area (Å²) < 4.78 is 34.4. The van der Waals surface area contributed by atoms with Crippen LogP contribution >= 0.6 is 0 Å². The Morgan fingerprint density at radius 1 is 1.00 bits per heavy atom. The lowest BCUT2D eigenvalue weighted by atomic mass is 9.87. The van der Waals surface area contributed by atoms with E-state index in [0.717, 1.165) is 16.5 Å². The van der Waals surface area contributed by atoms with Crippen LogP contribution in [-0.4, -0.2) is 20.1 Å². The fraction of sp³-hybridized carbons (Fsp3) is 0.391. The molecular weight excluding hydrogens is 370 g/mol. The Balaban J connectivity index is 1.88. The molecule has 0 saturated heterocycles. The maximum absolute atomic E-state index is 13.3. The normalized spacial score (nSPS) is 15.8. The van der Waals surface area contributed by atoms with Gasteiger partial charge in [0.05, 0.1) is 17.5 Å². The number of aryl methyl sites for hydroxylation is 2. The summed E-state index contributed by atoms with van der Waals surface area (Å²) >= 11 is 0. The Bertz CT molecular complexity index is 1100. The van der Waals surface area contributed by atoms with Gasteiger partial charge in [-0.05, 0) is 49.9 Å². The van der Waals surface area contributed by atoms with E-state index in [-0.39, 0.29) is 9.79 Å². The molecule has 0 aliphatic heterocycles. The van der Waals surface area contributed by atoms with E-state index in [4.69, 9.17) is 4.74 Å². The lowest BCUT2D eigenvalue weighted by Gasteiger charge is -2.22. The first-order chi connectivity index (χ1) is 13.4. The molecule has 0 unspecified atom stereocenters. The van der Waals surface area contributed by atoms with Gasteiger partial charge in [0, 0.05) is 18.1 Å². The molecule has 1 saturated carbocycles. The van der Waals surface area contributed by atoms with Crippen LogP contribution in [0.4, 0.5) is 0 Å². The summed E-state index contributed by atoms with van der Waals surface area (Å²) in [6, 6.07) is 12.8. The second-order valence-corrected chi connectivity index (χ2v) is 9.73. The SMILES string of the molecule is COc1c(S(=O)(=O)c2ccc(C)cc2)ccc2cc(C3CCCCC3)n(C)c12. The number of aromatic nitrogens is 1. The van der Waals surface area contributed by atoms with Crippen molar-refractivity contribution in [2.24, 2.45) is 7.05 Å². The van der Waals surface area contributed by atoms with Crippen LogP contribution < -0.4 is 4.74 Å². The minimum absolute atomic E-state index is 0.225. The van der Waals surface area contributed by atoms with Crippen molar-refractivity contribution in [3.8, 4) is 5.75 Å². The third-order valence-corrected chi connectivity index (χ3v) is 7.79. The summed E-state index contributed by atoms with van der Waals surface area (Å²) in [4.78, 5) is 0.514. The first-order valence-electron chi connectivity index (χ1n) is 9.91. The number of hydrogen-bond acceptors (Lipinski definition) is 3. The van der Waals surface area contributed by atoms with Crippen molar-refractivity contribution in [1.29, 1.82) is 0 Å². The smallest absolute Gasteiger partial charge is 0.210 e. The van der Waals surface area contributed by atoms with Gasteiger partial charge in [0.1, 0.15) is 4.90 Å². The molecule has 2 aromatic carbocycles. The van der Waals surface area contributed by atoms with Gasteiger partial charge in [0.25, 0.3) is 0 Å². The lowest BCUT2D eigenvalue weighted by molar-refractivity contribution is 0.404. The summed E-state index contributed by atoms with van der Waals surface area (Å²) in [5, 5.41) is 1.03. The van der Waals surface area contributed by atoms with Gasteiger partial charge in [0.15, 0.2) is 5.75 Å².